The Bertz CT molecular complexity index is 629. The van der Waals surface area contributed by atoms with E-state index in [0.29, 0.717) is 0 Å². The van der Waals surface area contributed by atoms with Crippen LogP contribution in [0, 0.1) is 0 Å². The summed E-state index contributed by atoms with van der Waals surface area (Å²) in [4.78, 5) is 22.4. The molecule has 1 radical (unpaired) electrons. The SMILES string of the molecule is C=O.C=O.C=O.I[P+](c1ccccc1)(c1ccccc1)c1ccccc1.[Co]. The van der Waals surface area contributed by atoms with Crippen molar-refractivity contribution in [1.82, 2.24) is 0 Å². The van der Waals surface area contributed by atoms with Gasteiger partial charge in [-0.1, -0.05) is 54.6 Å². The van der Waals surface area contributed by atoms with Gasteiger partial charge in [-0.25, -0.2) is 0 Å². The van der Waals surface area contributed by atoms with Crippen LogP contribution in [0.3, 0.4) is 0 Å². The van der Waals surface area contributed by atoms with Gasteiger partial charge in [-0.3, -0.25) is 0 Å². The van der Waals surface area contributed by atoms with Crippen LogP contribution >= 0.6 is 26.9 Å². The number of hydrogen-bond donors (Lipinski definition) is 0. The van der Waals surface area contributed by atoms with Crippen LogP contribution in [0.1, 0.15) is 0 Å². The fourth-order valence-electron chi connectivity index (χ4n) is 2.35. The first-order chi connectivity index (χ1) is 12.8. The molecule has 0 aromatic heterocycles. The third kappa shape index (κ3) is 7.46. The molecule has 3 aromatic carbocycles. The molecular weight excluding hydrogens is 517 g/mol. The van der Waals surface area contributed by atoms with E-state index >= 15 is 0 Å². The smallest absolute Gasteiger partial charge is 0.173 e. The van der Waals surface area contributed by atoms with E-state index in [1.54, 1.807) is 0 Å². The van der Waals surface area contributed by atoms with Crippen molar-refractivity contribution in [3.05, 3.63) is 91.0 Å². The van der Waals surface area contributed by atoms with Crippen molar-refractivity contribution in [2.24, 2.45) is 0 Å². The number of carbonyl (C=O) groups excluding carboxylic acids is 3. The minimum Gasteiger partial charge on any atom is -0.307 e. The summed E-state index contributed by atoms with van der Waals surface area (Å²) in [5.41, 5.74) is 0. The van der Waals surface area contributed by atoms with E-state index in [4.69, 9.17) is 14.4 Å². The Kier molecular flexibility index (Phi) is 16.8. The first-order valence-electron chi connectivity index (χ1n) is 7.44. The van der Waals surface area contributed by atoms with E-state index in [2.05, 4.69) is 113 Å². The Morgan fingerprint density at radius 1 is 0.481 bits per heavy atom. The van der Waals surface area contributed by atoms with Crippen molar-refractivity contribution in [2.45, 2.75) is 0 Å². The quantitative estimate of drug-likeness (QED) is 0.377. The van der Waals surface area contributed by atoms with E-state index < -0.39 is 4.90 Å². The molecule has 0 N–H and O–H groups in total. The maximum atomic E-state index is 8.00. The van der Waals surface area contributed by atoms with E-state index in [0.717, 1.165) is 0 Å². The Labute approximate surface area is 184 Å². The maximum absolute atomic E-state index is 8.00. The predicted octanol–water partition coefficient (Wildman–Crippen LogP) is 3.77. The standard InChI is InChI=1S/C18H15IP.3CH2O.Co/c19-20(16-10-4-1-5-11-16,17-12-6-2-7-13-17)18-14-8-3-9-15-18;3*1-2;/h1-15H;3*1H2;/q+1;;;;. The Balaban J connectivity index is 0. The third-order valence-corrected chi connectivity index (χ3v) is 11.4. The van der Waals surface area contributed by atoms with Crippen molar-refractivity contribution in [2.75, 3.05) is 0 Å². The normalized spacial score (nSPS) is 8.78. The van der Waals surface area contributed by atoms with E-state index in [9.17, 15) is 0 Å². The second-order valence-corrected chi connectivity index (χ2v) is 11.7. The van der Waals surface area contributed by atoms with E-state index in [-0.39, 0.29) is 16.8 Å². The topological polar surface area (TPSA) is 51.2 Å². The minimum atomic E-state index is -1.56. The number of carbonyl (C=O) groups is 3. The van der Waals surface area contributed by atoms with Crippen LogP contribution in [-0.2, 0) is 31.2 Å². The van der Waals surface area contributed by atoms with Crippen molar-refractivity contribution in [3.63, 3.8) is 0 Å². The zero-order valence-electron chi connectivity index (χ0n) is 14.7. The Hall–Kier alpha value is -1.66. The first-order valence-corrected chi connectivity index (χ1v) is 12.0. The van der Waals surface area contributed by atoms with Crippen LogP contribution < -0.4 is 15.9 Å². The summed E-state index contributed by atoms with van der Waals surface area (Å²) >= 11 is 2.68. The zero-order valence-corrected chi connectivity index (χ0v) is 18.8. The maximum Gasteiger partial charge on any atom is 0.173 e. The average molecular weight is 538 g/mol. The second-order valence-electron chi connectivity index (χ2n) is 4.60. The number of halogens is 1. The molecule has 0 saturated carbocycles. The number of benzene rings is 3. The predicted molar refractivity (Wildman–Crippen MR) is 121 cm³/mol. The van der Waals surface area contributed by atoms with Crippen LogP contribution in [-0.4, -0.2) is 20.4 Å². The summed E-state index contributed by atoms with van der Waals surface area (Å²) < 4.78 is 0. The molecule has 3 rings (SSSR count). The van der Waals surface area contributed by atoms with Crippen LogP contribution in [0.15, 0.2) is 91.0 Å². The van der Waals surface area contributed by atoms with Crippen molar-refractivity contribution in [3.8, 4) is 0 Å². The van der Waals surface area contributed by atoms with Crippen LogP contribution in [0.5, 0.6) is 0 Å². The molecule has 27 heavy (non-hydrogen) atoms. The van der Waals surface area contributed by atoms with Gasteiger partial charge < -0.3 is 14.4 Å². The molecule has 0 heterocycles. The Morgan fingerprint density at radius 3 is 0.852 bits per heavy atom. The summed E-state index contributed by atoms with van der Waals surface area (Å²) in [6.07, 6.45) is 0. The second kappa shape index (κ2) is 16.5. The molecule has 0 aliphatic heterocycles. The summed E-state index contributed by atoms with van der Waals surface area (Å²) in [5, 5.41) is 4.24. The van der Waals surface area contributed by atoms with Crippen LogP contribution in [0.25, 0.3) is 0 Å². The van der Waals surface area contributed by atoms with Crippen LogP contribution in [0.4, 0.5) is 0 Å². The minimum absolute atomic E-state index is 0. The molecule has 0 saturated heterocycles. The van der Waals surface area contributed by atoms with Gasteiger partial charge in [-0.05, 0) is 36.4 Å². The fourth-order valence-corrected chi connectivity index (χ4v) is 7.89. The molecule has 0 fully saturated rings. The molecule has 0 bridgehead atoms. The van der Waals surface area contributed by atoms with Gasteiger partial charge >= 0.3 is 0 Å². The first kappa shape index (κ1) is 27.6. The molecule has 143 valence electrons. The molecule has 0 aliphatic carbocycles. The summed E-state index contributed by atoms with van der Waals surface area (Å²) in [7, 11) is 0. The van der Waals surface area contributed by atoms with Crippen LogP contribution in [0.2, 0.25) is 0 Å². The molecule has 3 aromatic rings. The molecular formula is C21H21CoIO3P+. The van der Waals surface area contributed by atoms with Gasteiger partial charge in [0.1, 0.15) is 36.3 Å². The number of rotatable bonds is 3. The molecule has 0 unspecified atom stereocenters. The molecule has 0 atom stereocenters. The van der Waals surface area contributed by atoms with Gasteiger partial charge in [0.15, 0.2) is 26.9 Å². The molecule has 0 aliphatic rings. The van der Waals surface area contributed by atoms with Crippen molar-refractivity contribution in [1.29, 1.82) is 0 Å². The average Bonchev–Trinajstić information content (AvgIpc) is 2.79. The van der Waals surface area contributed by atoms with Crippen molar-refractivity contribution >= 4 is 63.2 Å². The fraction of sp³-hybridized carbons (Fsp3) is 0. The van der Waals surface area contributed by atoms with Gasteiger partial charge in [-0.15, -0.1) is 0 Å². The van der Waals surface area contributed by atoms with E-state index in [1.807, 2.05) is 20.4 Å². The summed E-state index contributed by atoms with van der Waals surface area (Å²) in [5.74, 6) is 0. The zero-order chi connectivity index (χ0) is 19.8. The van der Waals surface area contributed by atoms with Gasteiger partial charge in [0.25, 0.3) is 0 Å². The molecule has 6 heteroatoms. The van der Waals surface area contributed by atoms with Crippen molar-refractivity contribution < 1.29 is 31.2 Å². The molecule has 0 amide bonds. The molecule has 3 nitrogen and oxygen atoms in total. The van der Waals surface area contributed by atoms with E-state index in [1.165, 1.54) is 15.9 Å². The largest absolute Gasteiger partial charge is 0.307 e. The number of hydrogen-bond acceptors (Lipinski definition) is 3. The summed E-state index contributed by atoms with van der Waals surface area (Å²) in [6.45, 7) is 6.00. The molecule has 0 spiro atoms. The monoisotopic (exact) mass is 538 g/mol. The van der Waals surface area contributed by atoms with Gasteiger partial charge in [-0.2, -0.15) is 0 Å². The third-order valence-electron chi connectivity index (χ3n) is 3.34. The van der Waals surface area contributed by atoms with Gasteiger partial charge in [0, 0.05) is 16.8 Å². The van der Waals surface area contributed by atoms with Gasteiger partial charge in [0.2, 0.25) is 0 Å². The summed E-state index contributed by atoms with van der Waals surface area (Å²) in [6, 6.07) is 32.6. The Morgan fingerprint density at radius 2 is 0.667 bits per heavy atom. The van der Waals surface area contributed by atoms with Gasteiger partial charge in [0.05, 0.1) is 0 Å².